The van der Waals surface area contributed by atoms with Crippen LogP contribution in [-0.2, 0) is 0 Å². The molecule has 0 heterocycles. The third-order valence-corrected chi connectivity index (χ3v) is 3.75. The van der Waals surface area contributed by atoms with Gasteiger partial charge < -0.3 is 20.6 Å². The highest BCUT2D eigenvalue weighted by atomic mass is 19.1. The maximum absolute atomic E-state index is 13.1. The van der Waals surface area contributed by atoms with Crippen LogP contribution in [0.3, 0.4) is 0 Å². The van der Waals surface area contributed by atoms with Crippen molar-refractivity contribution in [2.75, 3.05) is 27.2 Å². The Morgan fingerprint density at radius 2 is 1.83 bits per heavy atom. The van der Waals surface area contributed by atoms with E-state index in [0.717, 1.165) is 5.56 Å². The number of aliphatic hydroxyl groups is 1. The molecule has 1 aromatic rings. The number of rotatable bonds is 7. The van der Waals surface area contributed by atoms with Crippen molar-refractivity contribution >= 4 is 6.03 Å². The Balaban J connectivity index is 2.60. The van der Waals surface area contributed by atoms with E-state index >= 15 is 0 Å². The Hall–Kier alpha value is -1.66. The zero-order chi connectivity index (χ0) is 18.3. The first-order chi connectivity index (χ1) is 11.1. The van der Waals surface area contributed by atoms with Crippen molar-refractivity contribution < 1.29 is 14.3 Å². The first kappa shape index (κ1) is 20.4. The minimum atomic E-state index is -0.313. The maximum Gasteiger partial charge on any atom is 0.315 e. The number of benzene rings is 1. The van der Waals surface area contributed by atoms with Gasteiger partial charge in [-0.3, -0.25) is 0 Å². The van der Waals surface area contributed by atoms with Crippen LogP contribution in [0.2, 0.25) is 0 Å². The van der Waals surface area contributed by atoms with E-state index in [1.54, 1.807) is 12.1 Å². The highest BCUT2D eigenvalue weighted by Crippen LogP contribution is 2.21. The second-order valence-electron chi connectivity index (χ2n) is 7.53. The maximum atomic E-state index is 13.1. The highest BCUT2D eigenvalue weighted by molar-refractivity contribution is 5.74. The average Bonchev–Trinajstić information content (AvgIpc) is 2.46. The zero-order valence-electron chi connectivity index (χ0n) is 15.3. The summed E-state index contributed by atoms with van der Waals surface area (Å²) in [5.41, 5.74) is 0.941. The monoisotopic (exact) mass is 339 g/mol. The summed E-state index contributed by atoms with van der Waals surface area (Å²) in [6, 6.07) is 5.60. The molecule has 0 aliphatic carbocycles. The topological polar surface area (TPSA) is 64.6 Å². The lowest BCUT2D eigenvalue weighted by molar-refractivity contribution is 0.189. The molecular formula is C18H30FN3O2. The van der Waals surface area contributed by atoms with Crippen molar-refractivity contribution in [2.24, 2.45) is 5.41 Å². The lowest BCUT2D eigenvalue weighted by Gasteiger charge is -2.27. The summed E-state index contributed by atoms with van der Waals surface area (Å²) in [5.74, 6) is -0.282. The summed E-state index contributed by atoms with van der Waals surface area (Å²) >= 11 is 0. The van der Waals surface area contributed by atoms with Crippen LogP contribution in [0.1, 0.15) is 38.8 Å². The standard InChI is InChI=1S/C18H30FN3O2/c1-18(2,3)10-15(12-23)21-17(24)20-11-16(22(4)5)13-6-8-14(19)9-7-13/h6-9,15-16,23H,10-12H2,1-5H3,(H2,20,21,24). The Morgan fingerprint density at radius 1 is 1.25 bits per heavy atom. The predicted octanol–water partition coefficient (Wildman–Crippen LogP) is 2.52. The summed E-state index contributed by atoms with van der Waals surface area (Å²) in [7, 11) is 3.81. The summed E-state index contributed by atoms with van der Waals surface area (Å²) in [4.78, 5) is 14.1. The van der Waals surface area contributed by atoms with Crippen LogP contribution in [0.5, 0.6) is 0 Å². The predicted molar refractivity (Wildman–Crippen MR) is 94.3 cm³/mol. The van der Waals surface area contributed by atoms with Gasteiger partial charge in [0.15, 0.2) is 0 Å². The molecule has 1 aromatic carbocycles. The number of carbonyl (C=O) groups is 1. The number of nitrogens with one attached hydrogen (secondary N) is 2. The van der Waals surface area contributed by atoms with Gasteiger partial charge in [-0.1, -0.05) is 32.9 Å². The van der Waals surface area contributed by atoms with Crippen molar-refractivity contribution in [1.29, 1.82) is 0 Å². The molecule has 0 saturated carbocycles. The van der Waals surface area contributed by atoms with Gasteiger partial charge in [0.2, 0.25) is 0 Å². The molecule has 1 rings (SSSR count). The molecule has 0 aromatic heterocycles. The van der Waals surface area contributed by atoms with E-state index < -0.39 is 0 Å². The molecule has 24 heavy (non-hydrogen) atoms. The zero-order valence-corrected chi connectivity index (χ0v) is 15.3. The molecule has 0 aliphatic heterocycles. The van der Waals surface area contributed by atoms with Crippen LogP contribution in [0.15, 0.2) is 24.3 Å². The summed E-state index contributed by atoms with van der Waals surface area (Å²) in [6.45, 7) is 6.47. The summed E-state index contributed by atoms with van der Waals surface area (Å²) in [6.07, 6.45) is 0.686. The van der Waals surface area contributed by atoms with Crippen LogP contribution in [-0.4, -0.2) is 49.3 Å². The van der Waals surface area contributed by atoms with E-state index in [2.05, 4.69) is 31.4 Å². The lowest BCUT2D eigenvalue weighted by atomic mass is 9.88. The molecule has 0 fully saturated rings. The molecule has 0 aliphatic rings. The number of halogens is 1. The van der Waals surface area contributed by atoms with Crippen molar-refractivity contribution in [3.63, 3.8) is 0 Å². The number of hydrogen-bond donors (Lipinski definition) is 3. The summed E-state index contributed by atoms with van der Waals surface area (Å²) in [5, 5.41) is 15.1. The van der Waals surface area contributed by atoms with Gasteiger partial charge >= 0.3 is 6.03 Å². The Kier molecular flexibility index (Phi) is 7.63. The van der Waals surface area contributed by atoms with Crippen LogP contribution in [0.4, 0.5) is 9.18 Å². The number of amides is 2. The van der Waals surface area contributed by atoms with Crippen LogP contribution in [0.25, 0.3) is 0 Å². The van der Waals surface area contributed by atoms with Gasteiger partial charge in [-0.15, -0.1) is 0 Å². The third-order valence-electron chi connectivity index (χ3n) is 3.75. The van der Waals surface area contributed by atoms with Crippen molar-refractivity contribution in [2.45, 2.75) is 39.3 Å². The van der Waals surface area contributed by atoms with Gasteiger partial charge in [-0.2, -0.15) is 0 Å². The molecular weight excluding hydrogens is 309 g/mol. The fourth-order valence-electron chi connectivity index (χ4n) is 2.61. The fraction of sp³-hybridized carbons (Fsp3) is 0.611. The number of carbonyl (C=O) groups excluding carboxylic acids is 1. The molecule has 3 N–H and O–H groups in total. The minimum Gasteiger partial charge on any atom is -0.394 e. The van der Waals surface area contributed by atoms with E-state index in [1.807, 2.05) is 19.0 Å². The first-order valence-electron chi connectivity index (χ1n) is 8.19. The van der Waals surface area contributed by atoms with Crippen molar-refractivity contribution in [3.8, 4) is 0 Å². The number of urea groups is 1. The van der Waals surface area contributed by atoms with Gasteiger partial charge in [-0.25, -0.2) is 9.18 Å². The lowest BCUT2D eigenvalue weighted by Crippen LogP contribution is -2.47. The van der Waals surface area contributed by atoms with Gasteiger partial charge in [0.25, 0.3) is 0 Å². The Bertz CT molecular complexity index is 512. The minimum absolute atomic E-state index is 0.0148. The largest absolute Gasteiger partial charge is 0.394 e. The third kappa shape index (κ3) is 7.27. The van der Waals surface area contributed by atoms with E-state index in [-0.39, 0.29) is 36.0 Å². The van der Waals surface area contributed by atoms with Gasteiger partial charge in [-0.05, 0) is 43.6 Å². The Morgan fingerprint density at radius 3 is 2.29 bits per heavy atom. The van der Waals surface area contributed by atoms with Crippen molar-refractivity contribution in [1.82, 2.24) is 15.5 Å². The SMILES string of the molecule is CN(C)C(CNC(=O)NC(CO)CC(C)(C)C)c1ccc(F)cc1. The van der Waals surface area contributed by atoms with Gasteiger partial charge in [0, 0.05) is 6.54 Å². The van der Waals surface area contributed by atoms with E-state index in [4.69, 9.17) is 0 Å². The molecule has 0 bridgehead atoms. The molecule has 0 saturated heterocycles. The molecule has 5 nitrogen and oxygen atoms in total. The molecule has 6 heteroatoms. The number of hydrogen-bond acceptors (Lipinski definition) is 3. The average molecular weight is 339 g/mol. The van der Waals surface area contributed by atoms with E-state index in [1.165, 1.54) is 12.1 Å². The number of nitrogens with zero attached hydrogens (tertiary/aromatic N) is 1. The fourth-order valence-corrected chi connectivity index (χ4v) is 2.61. The normalized spacial score (nSPS) is 14.3. The smallest absolute Gasteiger partial charge is 0.315 e. The highest BCUT2D eigenvalue weighted by Gasteiger charge is 2.21. The molecule has 0 spiro atoms. The van der Waals surface area contributed by atoms with Crippen LogP contribution in [0, 0.1) is 11.2 Å². The molecule has 136 valence electrons. The second-order valence-corrected chi connectivity index (χ2v) is 7.53. The van der Waals surface area contributed by atoms with E-state index in [9.17, 15) is 14.3 Å². The van der Waals surface area contributed by atoms with Gasteiger partial charge in [0.05, 0.1) is 18.7 Å². The molecule has 2 amide bonds. The van der Waals surface area contributed by atoms with Crippen LogP contribution >= 0.6 is 0 Å². The van der Waals surface area contributed by atoms with Crippen LogP contribution < -0.4 is 10.6 Å². The van der Waals surface area contributed by atoms with E-state index in [0.29, 0.717) is 13.0 Å². The number of aliphatic hydroxyl groups excluding tert-OH is 1. The van der Waals surface area contributed by atoms with Crippen molar-refractivity contribution in [3.05, 3.63) is 35.6 Å². The Labute approximate surface area is 144 Å². The quantitative estimate of drug-likeness (QED) is 0.715. The summed E-state index contributed by atoms with van der Waals surface area (Å²) < 4.78 is 13.1. The first-order valence-corrected chi connectivity index (χ1v) is 8.19. The molecule has 2 atom stereocenters. The number of likely N-dealkylation sites (N-methyl/N-ethyl adjacent to an activating group) is 1. The van der Waals surface area contributed by atoms with Gasteiger partial charge in [0.1, 0.15) is 5.82 Å². The second kappa shape index (κ2) is 8.99. The molecule has 0 radical (unpaired) electrons. The molecule has 2 unspecified atom stereocenters.